The molecule has 1 unspecified atom stereocenters. The van der Waals surface area contributed by atoms with Gasteiger partial charge in [0.05, 0.1) is 30.8 Å². The average molecular weight is 302 g/mol. The molecule has 4 nitrogen and oxygen atoms in total. The van der Waals surface area contributed by atoms with Gasteiger partial charge in [-0.05, 0) is 17.5 Å². The molecule has 1 atom stereocenters. The van der Waals surface area contributed by atoms with E-state index in [4.69, 9.17) is 4.74 Å². The van der Waals surface area contributed by atoms with Gasteiger partial charge in [0, 0.05) is 12.4 Å². The number of fused-ring (bicyclic) bond motifs is 1. The maximum Gasteiger partial charge on any atom is 0.228 e. The molecule has 5 heteroatoms. The highest BCUT2D eigenvalue weighted by molar-refractivity contribution is 7.07. The van der Waals surface area contributed by atoms with Crippen LogP contribution in [-0.4, -0.2) is 36.0 Å². The Morgan fingerprint density at radius 1 is 1.48 bits per heavy atom. The molecule has 2 aromatic rings. The normalized spacial score (nSPS) is 17.3. The van der Waals surface area contributed by atoms with E-state index in [0.717, 1.165) is 18.7 Å². The van der Waals surface area contributed by atoms with E-state index in [2.05, 4.69) is 23.2 Å². The van der Waals surface area contributed by atoms with Gasteiger partial charge in [0.25, 0.3) is 0 Å². The van der Waals surface area contributed by atoms with Crippen molar-refractivity contribution < 1.29 is 9.53 Å². The molecule has 3 rings (SSSR count). The SMILES string of the molecule is CN(CC1OCCc2ccccc21)C(=O)Cc1cscn1. The van der Waals surface area contributed by atoms with Gasteiger partial charge in [-0.15, -0.1) is 11.3 Å². The zero-order valence-electron chi connectivity index (χ0n) is 12.0. The van der Waals surface area contributed by atoms with Gasteiger partial charge in [0.1, 0.15) is 6.10 Å². The fourth-order valence-corrected chi connectivity index (χ4v) is 3.15. The Labute approximate surface area is 128 Å². The lowest BCUT2D eigenvalue weighted by Crippen LogP contribution is -2.34. The summed E-state index contributed by atoms with van der Waals surface area (Å²) in [5, 5.41) is 1.91. The van der Waals surface area contributed by atoms with Crippen molar-refractivity contribution in [2.75, 3.05) is 20.2 Å². The number of rotatable bonds is 4. The number of aromatic nitrogens is 1. The van der Waals surface area contributed by atoms with E-state index >= 15 is 0 Å². The fourth-order valence-electron chi connectivity index (χ4n) is 2.59. The van der Waals surface area contributed by atoms with E-state index in [0.29, 0.717) is 13.0 Å². The number of carbonyl (C=O) groups is 1. The zero-order chi connectivity index (χ0) is 14.7. The summed E-state index contributed by atoms with van der Waals surface area (Å²) >= 11 is 1.51. The highest BCUT2D eigenvalue weighted by Gasteiger charge is 2.23. The van der Waals surface area contributed by atoms with E-state index in [-0.39, 0.29) is 12.0 Å². The Morgan fingerprint density at radius 2 is 2.33 bits per heavy atom. The lowest BCUT2D eigenvalue weighted by molar-refractivity contribution is -0.131. The number of amides is 1. The van der Waals surface area contributed by atoms with E-state index in [1.807, 2.05) is 18.5 Å². The molecule has 0 saturated heterocycles. The van der Waals surface area contributed by atoms with Crippen LogP contribution in [0.4, 0.5) is 0 Å². The second kappa shape index (κ2) is 6.37. The van der Waals surface area contributed by atoms with Gasteiger partial charge in [0.2, 0.25) is 5.91 Å². The minimum Gasteiger partial charge on any atom is -0.371 e. The van der Waals surface area contributed by atoms with Crippen molar-refractivity contribution in [2.45, 2.75) is 18.9 Å². The molecule has 1 aliphatic rings. The number of hydrogen-bond acceptors (Lipinski definition) is 4. The maximum absolute atomic E-state index is 12.2. The lowest BCUT2D eigenvalue weighted by atomic mass is 9.97. The molecule has 110 valence electrons. The summed E-state index contributed by atoms with van der Waals surface area (Å²) < 4.78 is 5.85. The molecule has 1 aromatic heterocycles. The Hall–Kier alpha value is -1.72. The summed E-state index contributed by atoms with van der Waals surface area (Å²) in [6.07, 6.45) is 1.27. The molecule has 0 saturated carbocycles. The molecule has 21 heavy (non-hydrogen) atoms. The fraction of sp³-hybridized carbons (Fsp3) is 0.375. The summed E-state index contributed by atoms with van der Waals surface area (Å²) in [4.78, 5) is 18.1. The van der Waals surface area contributed by atoms with Gasteiger partial charge >= 0.3 is 0 Å². The minimum absolute atomic E-state index is 0.0284. The van der Waals surface area contributed by atoms with E-state index < -0.39 is 0 Å². The van der Waals surface area contributed by atoms with Crippen LogP contribution >= 0.6 is 11.3 Å². The van der Waals surface area contributed by atoms with Crippen LogP contribution in [-0.2, 0) is 22.4 Å². The summed E-state index contributed by atoms with van der Waals surface area (Å²) in [5.74, 6) is 0.0764. The van der Waals surface area contributed by atoms with Crippen molar-refractivity contribution in [2.24, 2.45) is 0 Å². The van der Waals surface area contributed by atoms with Crippen molar-refractivity contribution >= 4 is 17.2 Å². The lowest BCUT2D eigenvalue weighted by Gasteiger charge is -2.29. The first kappa shape index (κ1) is 14.2. The Morgan fingerprint density at radius 3 is 3.14 bits per heavy atom. The Bertz CT molecular complexity index is 612. The van der Waals surface area contributed by atoms with Crippen LogP contribution in [0, 0.1) is 0 Å². The van der Waals surface area contributed by atoms with Crippen LogP contribution < -0.4 is 0 Å². The molecule has 0 bridgehead atoms. The molecular weight excluding hydrogens is 284 g/mol. The first-order chi connectivity index (χ1) is 10.2. The second-order valence-corrected chi connectivity index (χ2v) is 5.96. The quantitative estimate of drug-likeness (QED) is 0.871. The molecular formula is C16H18N2O2S. The van der Waals surface area contributed by atoms with Gasteiger partial charge in [0.15, 0.2) is 0 Å². The van der Waals surface area contributed by atoms with Crippen LogP contribution in [0.3, 0.4) is 0 Å². The molecule has 0 N–H and O–H groups in total. The third-order valence-corrected chi connectivity index (χ3v) is 4.41. The minimum atomic E-state index is -0.0284. The van der Waals surface area contributed by atoms with Crippen LogP contribution in [0.25, 0.3) is 0 Å². The Kier molecular flexibility index (Phi) is 4.31. The van der Waals surface area contributed by atoms with E-state index in [9.17, 15) is 4.79 Å². The number of likely N-dealkylation sites (N-methyl/N-ethyl adjacent to an activating group) is 1. The predicted molar refractivity (Wildman–Crippen MR) is 82.3 cm³/mol. The standard InChI is InChI=1S/C16H18N2O2S/c1-18(16(19)8-13-10-21-11-17-13)9-15-14-5-3-2-4-12(14)6-7-20-15/h2-5,10-11,15H,6-9H2,1H3. The molecule has 0 fully saturated rings. The molecule has 2 heterocycles. The number of ether oxygens (including phenoxy) is 1. The molecule has 1 aromatic carbocycles. The third-order valence-electron chi connectivity index (χ3n) is 3.77. The van der Waals surface area contributed by atoms with Gasteiger partial charge in [-0.3, -0.25) is 4.79 Å². The highest BCUT2D eigenvalue weighted by atomic mass is 32.1. The number of thiazole rings is 1. The van der Waals surface area contributed by atoms with Crippen LogP contribution in [0.2, 0.25) is 0 Å². The first-order valence-corrected chi connectivity index (χ1v) is 7.99. The maximum atomic E-state index is 12.2. The van der Waals surface area contributed by atoms with Crippen LogP contribution in [0.1, 0.15) is 22.9 Å². The summed E-state index contributed by atoms with van der Waals surface area (Å²) in [5.41, 5.74) is 5.12. The van der Waals surface area contributed by atoms with Gasteiger partial charge < -0.3 is 9.64 Å². The average Bonchev–Trinajstić information content (AvgIpc) is 3.00. The molecule has 0 aliphatic carbocycles. The van der Waals surface area contributed by atoms with Crippen molar-refractivity contribution in [1.82, 2.24) is 9.88 Å². The predicted octanol–water partition coefficient (Wildman–Crippen LogP) is 2.46. The Balaban J connectivity index is 1.65. The highest BCUT2D eigenvalue weighted by Crippen LogP contribution is 2.27. The largest absolute Gasteiger partial charge is 0.371 e. The number of benzene rings is 1. The van der Waals surface area contributed by atoms with Gasteiger partial charge in [-0.25, -0.2) is 4.98 Å². The monoisotopic (exact) mass is 302 g/mol. The molecule has 1 aliphatic heterocycles. The van der Waals surface area contributed by atoms with Crippen LogP contribution in [0.5, 0.6) is 0 Å². The molecule has 0 radical (unpaired) electrons. The van der Waals surface area contributed by atoms with E-state index in [1.54, 1.807) is 10.4 Å². The van der Waals surface area contributed by atoms with E-state index in [1.165, 1.54) is 22.5 Å². The van der Waals surface area contributed by atoms with Gasteiger partial charge in [-0.2, -0.15) is 0 Å². The summed E-state index contributed by atoms with van der Waals surface area (Å²) in [6, 6.07) is 8.32. The molecule has 0 spiro atoms. The van der Waals surface area contributed by atoms with Gasteiger partial charge in [-0.1, -0.05) is 24.3 Å². The molecule has 1 amide bonds. The summed E-state index contributed by atoms with van der Waals surface area (Å²) in [7, 11) is 1.83. The number of hydrogen-bond donors (Lipinski definition) is 0. The zero-order valence-corrected chi connectivity index (χ0v) is 12.8. The van der Waals surface area contributed by atoms with Crippen molar-refractivity contribution in [1.29, 1.82) is 0 Å². The van der Waals surface area contributed by atoms with Crippen molar-refractivity contribution in [3.63, 3.8) is 0 Å². The first-order valence-electron chi connectivity index (χ1n) is 7.04. The van der Waals surface area contributed by atoms with Crippen molar-refractivity contribution in [3.05, 3.63) is 52.0 Å². The number of carbonyl (C=O) groups excluding carboxylic acids is 1. The summed E-state index contributed by atoms with van der Waals surface area (Å²) in [6.45, 7) is 1.30. The van der Waals surface area contributed by atoms with Crippen LogP contribution in [0.15, 0.2) is 35.2 Å². The topological polar surface area (TPSA) is 42.4 Å². The van der Waals surface area contributed by atoms with Crippen molar-refractivity contribution in [3.8, 4) is 0 Å². The second-order valence-electron chi connectivity index (χ2n) is 5.24. The smallest absolute Gasteiger partial charge is 0.228 e. The number of nitrogens with zero attached hydrogens (tertiary/aromatic N) is 2. The third kappa shape index (κ3) is 3.31.